The molecule has 0 aliphatic heterocycles. The van der Waals surface area contributed by atoms with Crippen LogP contribution in [0, 0.1) is 5.82 Å². The van der Waals surface area contributed by atoms with Gasteiger partial charge in [0.15, 0.2) is 0 Å². The van der Waals surface area contributed by atoms with Gasteiger partial charge in [-0.05, 0) is 38.5 Å². The molecule has 1 N–H and O–H groups in total. The molecule has 0 radical (unpaired) electrons. The molecule has 0 fully saturated rings. The summed E-state index contributed by atoms with van der Waals surface area (Å²) in [5.74, 6) is -1.71. The minimum absolute atomic E-state index is 0.288. The molecule has 1 aromatic rings. The average Bonchev–Trinajstić information content (AvgIpc) is 2.35. The number of benzene rings is 1. The number of carbonyl (C=O) groups is 2. The molecule has 5 heteroatoms. The van der Waals surface area contributed by atoms with Gasteiger partial charge in [-0.2, -0.15) is 0 Å². The van der Waals surface area contributed by atoms with E-state index in [1.54, 1.807) is 32.9 Å². The van der Waals surface area contributed by atoms with Gasteiger partial charge in [-0.1, -0.05) is 12.1 Å². The Labute approximate surface area is 111 Å². The van der Waals surface area contributed by atoms with Gasteiger partial charge in [-0.25, -0.2) is 4.39 Å². The maximum Gasteiger partial charge on any atom is 0.323 e. The number of halogens is 1. The van der Waals surface area contributed by atoms with Crippen molar-refractivity contribution < 1.29 is 19.1 Å². The number of rotatable bonds is 5. The van der Waals surface area contributed by atoms with Crippen molar-refractivity contribution in [1.82, 2.24) is 4.90 Å². The number of hydrogen-bond acceptors (Lipinski definition) is 2. The summed E-state index contributed by atoms with van der Waals surface area (Å²) in [5.41, 5.74) is -0.234. The zero-order valence-electron chi connectivity index (χ0n) is 11.3. The normalized spacial score (nSPS) is 11.2. The van der Waals surface area contributed by atoms with Crippen LogP contribution in [0.25, 0.3) is 0 Å². The maximum atomic E-state index is 12.9. The number of carboxylic acids is 1. The predicted molar refractivity (Wildman–Crippen MR) is 69.3 cm³/mol. The molecule has 4 nitrogen and oxygen atoms in total. The minimum Gasteiger partial charge on any atom is -0.480 e. The standard InChI is InChI=1S/C14H18FNO3/c1-4-16(9-12(17)18)13(19)14(2,3)10-5-7-11(15)8-6-10/h5-8H,4,9H2,1-3H3,(H,17,18). The van der Waals surface area contributed by atoms with E-state index in [1.165, 1.54) is 17.0 Å². The molecule has 0 spiro atoms. The molecule has 0 saturated heterocycles. The minimum atomic E-state index is -1.05. The molecule has 0 heterocycles. The quantitative estimate of drug-likeness (QED) is 0.888. The van der Waals surface area contributed by atoms with E-state index in [1.807, 2.05) is 0 Å². The van der Waals surface area contributed by atoms with Crippen molar-refractivity contribution in [3.8, 4) is 0 Å². The van der Waals surface area contributed by atoms with Crippen molar-refractivity contribution in [2.45, 2.75) is 26.2 Å². The number of aliphatic carboxylic acids is 1. The summed E-state index contributed by atoms with van der Waals surface area (Å²) >= 11 is 0. The lowest BCUT2D eigenvalue weighted by Crippen LogP contribution is -2.45. The fourth-order valence-electron chi connectivity index (χ4n) is 1.88. The largest absolute Gasteiger partial charge is 0.480 e. The van der Waals surface area contributed by atoms with Crippen LogP contribution in [0.1, 0.15) is 26.3 Å². The monoisotopic (exact) mass is 267 g/mol. The highest BCUT2D eigenvalue weighted by Gasteiger charge is 2.33. The van der Waals surface area contributed by atoms with Crippen LogP contribution in [0.4, 0.5) is 4.39 Å². The third kappa shape index (κ3) is 3.53. The van der Waals surface area contributed by atoms with Crippen LogP contribution in [0.3, 0.4) is 0 Å². The number of carbonyl (C=O) groups excluding carboxylic acids is 1. The van der Waals surface area contributed by atoms with Gasteiger partial charge in [0.1, 0.15) is 12.4 Å². The average molecular weight is 267 g/mol. The Morgan fingerprint density at radius 3 is 2.21 bits per heavy atom. The number of hydrogen-bond donors (Lipinski definition) is 1. The van der Waals surface area contributed by atoms with Crippen LogP contribution in [0.5, 0.6) is 0 Å². The molecule has 0 aliphatic rings. The van der Waals surface area contributed by atoms with Gasteiger partial charge in [-0.3, -0.25) is 9.59 Å². The Hall–Kier alpha value is -1.91. The number of carboxylic acid groups (broad SMARTS) is 1. The first-order valence-corrected chi connectivity index (χ1v) is 6.06. The second-order valence-electron chi connectivity index (χ2n) is 4.84. The number of amides is 1. The molecule has 0 atom stereocenters. The van der Waals surface area contributed by atoms with Crippen LogP contribution >= 0.6 is 0 Å². The van der Waals surface area contributed by atoms with Crippen molar-refractivity contribution in [2.75, 3.05) is 13.1 Å². The molecule has 0 aliphatic carbocycles. The Morgan fingerprint density at radius 2 is 1.79 bits per heavy atom. The van der Waals surface area contributed by atoms with Crippen molar-refractivity contribution in [3.05, 3.63) is 35.6 Å². The highest BCUT2D eigenvalue weighted by atomic mass is 19.1. The topological polar surface area (TPSA) is 57.6 Å². The molecule has 1 rings (SSSR count). The highest BCUT2D eigenvalue weighted by Crippen LogP contribution is 2.25. The lowest BCUT2D eigenvalue weighted by atomic mass is 9.83. The van der Waals surface area contributed by atoms with Crippen LogP contribution in [-0.2, 0) is 15.0 Å². The Kier molecular flexibility index (Phi) is 4.64. The van der Waals surface area contributed by atoms with Gasteiger partial charge >= 0.3 is 5.97 Å². The second kappa shape index (κ2) is 5.82. The lowest BCUT2D eigenvalue weighted by molar-refractivity contribution is -0.146. The van der Waals surface area contributed by atoms with Crippen molar-refractivity contribution >= 4 is 11.9 Å². The van der Waals surface area contributed by atoms with Crippen LogP contribution in [-0.4, -0.2) is 35.0 Å². The van der Waals surface area contributed by atoms with Gasteiger partial charge in [-0.15, -0.1) is 0 Å². The smallest absolute Gasteiger partial charge is 0.323 e. The molecular formula is C14H18FNO3. The van der Waals surface area contributed by atoms with Gasteiger partial charge in [0.05, 0.1) is 5.41 Å². The summed E-state index contributed by atoms with van der Waals surface area (Å²) in [6, 6.07) is 5.67. The van der Waals surface area contributed by atoms with E-state index >= 15 is 0 Å². The molecule has 1 aromatic carbocycles. The van der Waals surface area contributed by atoms with Gasteiger partial charge < -0.3 is 10.0 Å². The zero-order chi connectivity index (χ0) is 14.6. The first-order chi connectivity index (χ1) is 8.78. The lowest BCUT2D eigenvalue weighted by Gasteiger charge is -2.30. The third-order valence-corrected chi connectivity index (χ3v) is 3.10. The molecule has 0 aromatic heterocycles. The van der Waals surface area contributed by atoms with Crippen molar-refractivity contribution in [3.63, 3.8) is 0 Å². The maximum absolute atomic E-state index is 12.9. The first kappa shape index (κ1) is 15.1. The SMILES string of the molecule is CCN(CC(=O)O)C(=O)C(C)(C)c1ccc(F)cc1. The summed E-state index contributed by atoms with van der Waals surface area (Å²) in [6.07, 6.45) is 0. The molecular weight excluding hydrogens is 249 g/mol. The predicted octanol–water partition coefficient (Wildman–Crippen LogP) is 2.04. The number of nitrogens with zero attached hydrogens (tertiary/aromatic N) is 1. The summed E-state index contributed by atoms with van der Waals surface area (Å²) in [6.45, 7) is 5.11. The summed E-state index contributed by atoms with van der Waals surface area (Å²) in [4.78, 5) is 24.4. The van der Waals surface area contributed by atoms with Crippen molar-refractivity contribution in [1.29, 1.82) is 0 Å². The zero-order valence-corrected chi connectivity index (χ0v) is 11.3. The third-order valence-electron chi connectivity index (χ3n) is 3.10. The molecule has 0 saturated carbocycles. The summed E-state index contributed by atoms with van der Waals surface area (Å²) in [7, 11) is 0. The second-order valence-corrected chi connectivity index (χ2v) is 4.84. The van der Waals surface area contributed by atoms with Crippen LogP contribution in [0.15, 0.2) is 24.3 Å². The molecule has 0 unspecified atom stereocenters. The van der Waals surface area contributed by atoms with Crippen molar-refractivity contribution in [2.24, 2.45) is 0 Å². The van der Waals surface area contributed by atoms with E-state index in [4.69, 9.17) is 5.11 Å². The van der Waals surface area contributed by atoms with Crippen LogP contribution in [0.2, 0.25) is 0 Å². The fourth-order valence-corrected chi connectivity index (χ4v) is 1.88. The Bertz CT molecular complexity index is 468. The Balaban J connectivity index is 3.00. The highest BCUT2D eigenvalue weighted by molar-refractivity contribution is 5.89. The van der Waals surface area contributed by atoms with E-state index in [0.717, 1.165) is 0 Å². The van der Waals surface area contributed by atoms with Crippen LogP contribution < -0.4 is 0 Å². The molecule has 19 heavy (non-hydrogen) atoms. The molecule has 104 valence electrons. The van der Waals surface area contributed by atoms with E-state index in [-0.39, 0.29) is 18.3 Å². The van der Waals surface area contributed by atoms with Gasteiger partial charge in [0.25, 0.3) is 0 Å². The molecule has 1 amide bonds. The van der Waals surface area contributed by atoms with E-state index in [0.29, 0.717) is 12.1 Å². The van der Waals surface area contributed by atoms with Gasteiger partial charge in [0.2, 0.25) is 5.91 Å². The fraction of sp³-hybridized carbons (Fsp3) is 0.429. The van der Waals surface area contributed by atoms with E-state index in [9.17, 15) is 14.0 Å². The first-order valence-electron chi connectivity index (χ1n) is 6.06. The van der Waals surface area contributed by atoms with E-state index < -0.39 is 11.4 Å². The molecule has 0 bridgehead atoms. The summed E-state index contributed by atoms with van der Waals surface area (Å²) < 4.78 is 12.9. The number of likely N-dealkylation sites (N-methyl/N-ethyl adjacent to an activating group) is 1. The van der Waals surface area contributed by atoms with E-state index in [2.05, 4.69) is 0 Å². The van der Waals surface area contributed by atoms with Gasteiger partial charge in [0, 0.05) is 6.54 Å². The summed E-state index contributed by atoms with van der Waals surface area (Å²) in [5, 5.41) is 8.79. The Morgan fingerprint density at radius 1 is 1.26 bits per heavy atom.